The molecular formula is C20H29NO2. The van der Waals surface area contributed by atoms with E-state index in [4.69, 9.17) is 4.74 Å². The molecule has 0 fully saturated rings. The Balaban J connectivity index is 2.26. The van der Waals surface area contributed by atoms with E-state index in [9.17, 15) is 4.79 Å². The van der Waals surface area contributed by atoms with Crippen molar-refractivity contribution in [3.8, 4) is 0 Å². The first-order chi connectivity index (χ1) is 10.5. The molecule has 0 bridgehead atoms. The summed E-state index contributed by atoms with van der Waals surface area (Å²) >= 11 is 0. The normalized spacial score (nSPS) is 30.2. The summed E-state index contributed by atoms with van der Waals surface area (Å²) in [5.74, 6) is -0.0290. The zero-order valence-corrected chi connectivity index (χ0v) is 15.5. The van der Waals surface area contributed by atoms with Crippen molar-refractivity contribution in [3.63, 3.8) is 0 Å². The Labute approximate surface area is 140 Å². The van der Waals surface area contributed by atoms with Gasteiger partial charge in [-0.1, -0.05) is 46.3 Å². The SMILES string of the molecule is CC1=CC(=O)OC2C3=C(C(C(C)(C)C)=CC12)N(C)CCC3(C)C. The lowest BCUT2D eigenvalue weighted by Gasteiger charge is -2.50. The summed E-state index contributed by atoms with van der Waals surface area (Å²) in [6.07, 6.45) is 4.94. The molecule has 2 aliphatic heterocycles. The van der Waals surface area contributed by atoms with Crippen LogP contribution in [0.1, 0.15) is 48.0 Å². The summed E-state index contributed by atoms with van der Waals surface area (Å²) in [5, 5.41) is 0. The molecule has 1 aliphatic carbocycles. The molecule has 3 rings (SSSR count). The molecule has 23 heavy (non-hydrogen) atoms. The van der Waals surface area contributed by atoms with Crippen molar-refractivity contribution < 1.29 is 9.53 Å². The first kappa shape index (κ1) is 16.4. The summed E-state index contributed by atoms with van der Waals surface area (Å²) in [5.41, 5.74) is 5.22. The summed E-state index contributed by atoms with van der Waals surface area (Å²) in [6, 6.07) is 0. The van der Waals surface area contributed by atoms with E-state index in [0.29, 0.717) is 0 Å². The van der Waals surface area contributed by atoms with Gasteiger partial charge in [0.1, 0.15) is 6.10 Å². The van der Waals surface area contributed by atoms with Crippen molar-refractivity contribution in [2.24, 2.45) is 16.7 Å². The van der Waals surface area contributed by atoms with E-state index in [-0.39, 0.29) is 28.8 Å². The maximum atomic E-state index is 12.0. The molecule has 3 aliphatic rings. The average molecular weight is 315 g/mol. The van der Waals surface area contributed by atoms with Gasteiger partial charge in [-0.05, 0) is 29.7 Å². The molecule has 0 amide bonds. The van der Waals surface area contributed by atoms with Crippen LogP contribution in [-0.2, 0) is 9.53 Å². The molecule has 0 aromatic carbocycles. The Morgan fingerprint density at radius 2 is 1.96 bits per heavy atom. The van der Waals surface area contributed by atoms with Crippen LogP contribution >= 0.6 is 0 Å². The van der Waals surface area contributed by atoms with Gasteiger partial charge in [0.15, 0.2) is 0 Å². The van der Waals surface area contributed by atoms with Gasteiger partial charge in [0.05, 0.1) is 0 Å². The van der Waals surface area contributed by atoms with Crippen molar-refractivity contribution >= 4 is 5.97 Å². The van der Waals surface area contributed by atoms with E-state index in [1.807, 2.05) is 0 Å². The molecule has 3 nitrogen and oxygen atoms in total. The maximum Gasteiger partial charge on any atom is 0.331 e. The lowest BCUT2D eigenvalue weighted by molar-refractivity contribution is -0.145. The Hall–Kier alpha value is -1.51. The maximum absolute atomic E-state index is 12.0. The molecule has 0 aromatic heterocycles. The lowest BCUT2D eigenvalue weighted by Crippen LogP contribution is -2.47. The highest BCUT2D eigenvalue weighted by molar-refractivity contribution is 5.84. The third-order valence-corrected chi connectivity index (χ3v) is 5.57. The minimum Gasteiger partial charge on any atom is -0.454 e. The minimum atomic E-state index is -0.202. The second kappa shape index (κ2) is 4.99. The van der Waals surface area contributed by atoms with Gasteiger partial charge in [-0.3, -0.25) is 0 Å². The number of ether oxygens (including phenoxy) is 1. The summed E-state index contributed by atoms with van der Waals surface area (Å²) in [7, 11) is 2.16. The van der Waals surface area contributed by atoms with Crippen LogP contribution in [0.4, 0.5) is 0 Å². The zero-order valence-electron chi connectivity index (χ0n) is 15.5. The van der Waals surface area contributed by atoms with Gasteiger partial charge in [-0.2, -0.15) is 0 Å². The fourth-order valence-electron chi connectivity index (χ4n) is 4.16. The fourth-order valence-corrected chi connectivity index (χ4v) is 4.16. The zero-order chi connectivity index (χ0) is 17.2. The van der Waals surface area contributed by atoms with Gasteiger partial charge in [0, 0.05) is 36.9 Å². The predicted octanol–water partition coefficient (Wildman–Crippen LogP) is 4.08. The highest BCUT2D eigenvalue weighted by Crippen LogP contribution is 2.52. The number of carbonyl (C=O) groups excluding carboxylic acids is 1. The molecule has 2 heterocycles. The number of esters is 1. The van der Waals surface area contributed by atoms with E-state index >= 15 is 0 Å². The van der Waals surface area contributed by atoms with Gasteiger partial charge >= 0.3 is 5.97 Å². The van der Waals surface area contributed by atoms with Crippen LogP contribution < -0.4 is 0 Å². The smallest absolute Gasteiger partial charge is 0.331 e. The Morgan fingerprint density at radius 1 is 1.30 bits per heavy atom. The van der Waals surface area contributed by atoms with Crippen LogP contribution in [0.3, 0.4) is 0 Å². The van der Waals surface area contributed by atoms with Crippen LogP contribution in [0.25, 0.3) is 0 Å². The Morgan fingerprint density at radius 3 is 2.57 bits per heavy atom. The molecule has 0 saturated heterocycles. The molecule has 2 atom stereocenters. The minimum absolute atomic E-state index is 0.0490. The van der Waals surface area contributed by atoms with Gasteiger partial charge in [-0.15, -0.1) is 0 Å². The van der Waals surface area contributed by atoms with Crippen LogP contribution in [-0.4, -0.2) is 30.6 Å². The van der Waals surface area contributed by atoms with E-state index in [0.717, 1.165) is 18.5 Å². The number of hydrogen-bond acceptors (Lipinski definition) is 3. The van der Waals surface area contributed by atoms with Crippen LogP contribution in [0.15, 0.2) is 34.6 Å². The van der Waals surface area contributed by atoms with Gasteiger partial charge in [0.2, 0.25) is 0 Å². The third kappa shape index (κ3) is 2.54. The summed E-state index contributed by atoms with van der Waals surface area (Å²) in [4.78, 5) is 14.4. The van der Waals surface area contributed by atoms with Crippen molar-refractivity contribution in [2.75, 3.05) is 13.6 Å². The highest BCUT2D eigenvalue weighted by atomic mass is 16.5. The number of carbonyl (C=O) groups is 1. The van der Waals surface area contributed by atoms with E-state index in [1.165, 1.54) is 16.8 Å². The molecule has 0 radical (unpaired) electrons. The molecule has 0 spiro atoms. The van der Waals surface area contributed by atoms with E-state index in [1.54, 1.807) is 6.08 Å². The standard InChI is InChI=1S/C20H29NO2/c1-12-10-15(22)23-18-13(12)11-14(19(2,3)4)17-16(18)20(5,6)8-9-21(17)7/h10-11,13,18H,8-9H2,1-7H3. The van der Waals surface area contributed by atoms with Crippen LogP contribution in [0.2, 0.25) is 0 Å². The third-order valence-electron chi connectivity index (χ3n) is 5.57. The number of likely N-dealkylation sites (N-methyl/N-ethyl adjacent to an activating group) is 1. The number of hydrogen-bond donors (Lipinski definition) is 0. The largest absolute Gasteiger partial charge is 0.454 e. The Kier molecular flexibility index (Phi) is 3.55. The quantitative estimate of drug-likeness (QED) is 0.631. The first-order valence-electron chi connectivity index (χ1n) is 8.59. The number of nitrogens with zero attached hydrogens (tertiary/aromatic N) is 1. The molecule has 0 N–H and O–H groups in total. The molecule has 3 heteroatoms. The topological polar surface area (TPSA) is 29.5 Å². The first-order valence-corrected chi connectivity index (χ1v) is 8.59. The van der Waals surface area contributed by atoms with Crippen molar-refractivity contribution in [1.29, 1.82) is 0 Å². The number of fused-ring (bicyclic) bond motifs is 2. The second-order valence-corrected chi connectivity index (χ2v) is 8.92. The second-order valence-electron chi connectivity index (χ2n) is 8.92. The van der Waals surface area contributed by atoms with Crippen LogP contribution in [0.5, 0.6) is 0 Å². The van der Waals surface area contributed by atoms with Crippen molar-refractivity contribution in [3.05, 3.63) is 34.6 Å². The number of rotatable bonds is 0. The lowest BCUT2D eigenvalue weighted by atomic mass is 9.64. The van der Waals surface area contributed by atoms with Crippen molar-refractivity contribution in [2.45, 2.75) is 54.1 Å². The monoisotopic (exact) mass is 315 g/mol. The summed E-state index contributed by atoms with van der Waals surface area (Å²) < 4.78 is 5.83. The van der Waals surface area contributed by atoms with Gasteiger partial charge in [0.25, 0.3) is 0 Å². The predicted molar refractivity (Wildman–Crippen MR) is 92.7 cm³/mol. The highest BCUT2D eigenvalue weighted by Gasteiger charge is 2.47. The molecule has 126 valence electrons. The summed E-state index contributed by atoms with van der Waals surface area (Å²) in [6.45, 7) is 14.5. The van der Waals surface area contributed by atoms with Crippen molar-refractivity contribution in [1.82, 2.24) is 4.90 Å². The van der Waals surface area contributed by atoms with E-state index in [2.05, 4.69) is 59.6 Å². The van der Waals surface area contributed by atoms with Gasteiger partial charge < -0.3 is 9.64 Å². The fraction of sp³-hybridized carbons (Fsp3) is 0.650. The van der Waals surface area contributed by atoms with Crippen LogP contribution in [0, 0.1) is 16.7 Å². The molecular weight excluding hydrogens is 286 g/mol. The molecule has 0 saturated carbocycles. The van der Waals surface area contributed by atoms with Gasteiger partial charge in [-0.25, -0.2) is 4.79 Å². The molecule has 0 aromatic rings. The Bertz CT molecular complexity index is 643. The average Bonchev–Trinajstić information content (AvgIpc) is 2.40. The van der Waals surface area contributed by atoms with E-state index < -0.39 is 0 Å². The molecule has 2 unspecified atom stereocenters. The number of allylic oxidation sites excluding steroid dienone is 1.